The van der Waals surface area contributed by atoms with Crippen LogP contribution in [0.1, 0.15) is 58.4 Å². The van der Waals surface area contributed by atoms with Crippen molar-refractivity contribution in [3.63, 3.8) is 0 Å². The van der Waals surface area contributed by atoms with Crippen LogP contribution in [0.4, 0.5) is 11.5 Å². The maximum atomic E-state index is 13.4. The summed E-state index contributed by atoms with van der Waals surface area (Å²) in [5.41, 5.74) is 4.14. The van der Waals surface area contributed by atoms with Gasteiger partial charge in [-0.15, -0.1) is 5.10 Å². The number of hydrogen-bond donors (Lipinski definition) is 2. The quantitative estimate of drug-likeness (QED) is 0.373. The van der Waals surface area contributed by atoms with E-state index >= 15 is 0 Å². The smallest absolute Gasteiger partial charge is 0.354 e. The zero-order valence-electron chi connectivity index (χ0n) is 23.2. The van der Waals surface area contributed by atoms with Crippen molar-refractivity contribution in [2.24, 2.45) is 5.41 Å². The zero-order chi connectivity index (χ0) is 28.4. The fourth-order valence-electron chi connectivity index (χ4n) is 6.61. The normalized spacial score (nSPS) is 22.9. The monoisotopic (exact) mass is 551 g/mol. The van der Waals surface area contributed by atoms with Crippen LogP contribution in [0.15, 0.2) is 60.8 Å². The Balaban J connectivity index is 1.08. The van der Waals surface area contributed by atoms with Crippen molar-refractivity contribution in [1.82, 2.24) is 24.9 Å². The number of carboxylic acids is 1. The third kappa shape index (κ3) is 4.47. The number of carbonyl (C=O) groups is 2. The summed E-state index contributed by atoms with van der Waals surface area (Å²) >= 11 is 0. The number of amides is 1. The van der Waals surface area contributed by atoms with Crippen LogP contribution in [-0.4, -0.2) is 68.8 Å². The lowest BCUT2D eigenvalue weighted by Gasteiger charge is -2.26. The third-order valence-electron chi connectivity index (χ3n) is 9.24. The molecule has 2 saturated heterocycles. The largest absolute Gasteiger partial charge is 0.477 e. The van der Waals surface area contributed by atoms with E-state index < -0.39 is 5.97 Å². The second kappa shape index (κ2) is 9.29. The van der Waals surface area contributed by atoms with Gasteiger partial charge in [-0.3, -0.25) is 4.79 Å². The topological polar surface area (TPSA) is 116 Å². The minimum Gasteiger partial charge on any atom is -0.477 e. The van der Waals surface area contributed by atoms with Crippen molar-refractivity contribution in [2.45, 2.75) is 44.6 Å². The van der Waals surface area contributed by atoms with Gasteiger partial charge in [-0.25, -0.2) is 19.3 Å². The van der Waals surface area contributed by atoms with Crippen LogP contribution >= 0.6 is 0 Å². The summed E-state index contributed by atoms with van der Waals surface area (Å²) in [6, 6.07) is 17.7. The Bertz CT molecular complexity index is 1670. The molecule has 0 radical (unpaired) electrons. The standard InChI is InChI=1S/C31H33N7O3/c1-20-15-22(36-14-13-30(2,18-36)21-7-4-3-5-8-21)16-38-27(20)34-26(35-38)28(39)33-24-17-37(19-31(24)11-12-31)25-10-6-9-23(32-25)29(40)41/h3-10,15-16,24H,11-14,17-19H2,1-2H3,(H,33,39)(H,40,41)/t24-,30+/m1/s1. The molecule has 1 aromatic carbocycles. The van der Waals surface area contributed by atoms with E-state index in [0.29, 0.717) is 18.0 Å². The summed E-state index contributed by atoms with van der Waals surface area (Å²) in [5, 5.41) is 17.1. The highest BCUT2D eigenvalue weighted by Gasteiger charge is 2.56. The first-order chi connectivity index (χ1) is 19.7. The van der Waals surface area contributed by atoms with E-state index in [9.17, 15) is 14.7 Å². The van der Waals surface area contributed by atoms with Crippen molar-refractivity contribution >= 4 is 29.0 Å². The first kappa shape index (κ1) is 25.5. The van der Waals surface area contributed by atoms with Gasteiger partial charge in [-0.2, -0.15) is 0 Å². The number of carbonyl (C=O) groups excluding carboxylic acids is 1. The molecule has 2 aliphatic heterocycles. The van der Waals surface area contributed by atoms with Crippen LogP contribution in [0.5, 0.6) is 0 Å². The number of aromatic nitrogens is 4. The van der Waals surface area contributed by atoms with Crippen molar-refractivity contribution in [3.05, 3.63) is 83.4 Å². The van der Waals surface area contributed by atoms with Crippen molar-refractivity contribution in [1.29, 1.82) is 0 Å². The molecule has 10 nitrogen and oxygen atoms in total. The molecule has 3 fully saturated rings. The lowest BCUT2D eigenvalue weighted by atomic mass is 9.82. The molecule has 0 unspecified atom stereocenters. The number of nitrogens with one attached hydrogen (secondary N) is 1. The molecule has 210 valence electrons. The summed E-state index contributed by atoms with van der Waals surface area (Å²) in [7, 11) is 0. The van der Waals surface area contributed by atoms with E-state index in [0.717, 1.165) is 50.1 Å². The van der Waals surface area contributed by atoms with E-state index in [1.54, 1.807) is 10.6 Å². The second-order valence-corrected chi connectivity index (χ2v) is 12.1. The maximum Gasteiger partial charge on any atom is 0.354 e. The number of hydrogen-bond acceptors (Lipinski definition) is 7. The average Bonchev–Trinajstić information content (AvgIpc) is 3.28. The first-order valence-electron chi connectivity index (χ1n) is 14.2. The number of pyridine rings is 2. The Morgan fingerprint density at radius 1 is 1.00 bits per heavy atom. The summed E-state index contributed by atoms with van der Waals surface area (Å²) < 4.78 is 1.73. The molecule has 5 heterocycles. The van der Waals surface area contributed by atoms with Gasteiger partial charge in [0.2, 0.25) is 5.82 Å². The molecule has 2 N–H and O–H groups in total. The van der Waals surface area contributed by atoms with Gasteiger partial charge in [0.15, 0.2) is 11.3 Å². The van der Waals surface area contributed by atoms with Crippen molar-refractivity contribution in [3.8, 4) is 0 Å². The summed E-state index contributed by atoms with van der Waals surface area (Å²) in [6.07, 6.45) is 5.05. The van der Waals surface area contributed by atoms with Crippen molar-refractivity contribution < 1.29 is 14.7 Å². The van der Waals surface area contributed by atoms with Crippen LogP contribution in [0.2, 0.25) is 0 Å². The van der Waals surface area contributed by atoms with Gasteiger partial charge in [-0.1, -0.05) is 43.3 Å². The molecular weight excluding hydrogens is 518 g/mol. The molecule has 1 saturated carbocycles. The number of rotatable bonds is 6. The zero-order valence-corrected chi connectivity index (χ0v) is 23.2. The molecule has 7 rings (SSSR count). The molecule has 1 amide bonds. The molecular formula is C31H33N7O3. The van der Waals surface area contributed by atoms with Crippen molar-refractivity contribution in [2.75, 3.05) is 36.0 Å². The van der Waals surface area contributed by atoms with Gasteiger partial charge in [0, 0.05) is 37.0 Å². The molecule has 10 heteroatoms. The van der Waals surface area contributed by atoms with Crippen LogP contribution in [0.3, 0.4) is 0 Å². The lowest BCUT2D eigenvalue weighted by molar-refractivity contribution is 0.0690. The molecule has 3 aromatic heterocycles. The lowest BCUT2D eigenvalue weighted by Crippen LogP contribution is -2.42. The second-order valence-electron chi connectivity index (χ2n) is 12.1. The number of anilines is 2. The van der Waals surface area contributed by atoms with Gasteiger partial charge in [0.25, 0.3) is 5.91 Å². The fourth-order valence-corrected chi connectivity index (χ4v) is 6.61. The Morgan fingerprint density at radius 2 is 1.80 bits per heavy atom. The van der Waals surface area contributed by atoms with Gasteiger partial charge >= 0.3 is 5.97 Å². The number of aromatic carboxylic acids is 1. The number of aryl methyl sites for hydroxylation is 1. The SMILES string of the molecule is Cc1cc(N2CC[C@](C)(c3ccccc3)C2)cn2nc(C(=O)N[C@@H]3CN(c4cccc(C(=O)O)n4)CC34CC4)nc12. The summed E-state index contributed by atoms with van der Waals surface area (Å²) in [6.45, 7) is 7.48. The average molecular weight is 552 g/mol. The molecule has 1 spiro atoms. The Kier molecular flexibility index (Phi) is 5.78. The highest BCUT2D eigenvalue weighted by molar-refractivity contribution is 5.91. The summed E-state index contributed by atoms with van der Waals surface area (Å²) in [5.74, 6) is -0.575. The minimum atomic E-state index is -1.05. The van der Waals surface area contributed by atoms with Gasteiger partial charge in [0.05, 0.1) is 17.9 Å². The van der Waals surface area contributed by atoms with Gasteiger partial charge in [0.1, 0.15) is 5.82 Å². The van der Waals surface area contributed by atoms with Crippen LogP contribution in [-0.2, 0) is 5.41 Å². The molecule has 0 bridgehead atoms. The molecule has 4 aromatic rings. The van der Waals surface area contributed by atoms with E-state index in [-0.39, 0.29) is 34.3 Å². The van der Waals surface area contributed by atoms with Crippen LogP contribution in [0, 0.1) is 12.3 Å². The highest BCUT2D eigenvalue weighted by atomic mass is 16.4. The maximum absolute atomic E-state index is 13.4. The summed E-state index contributed by atoms with van der Waals surface area (Å²) in [4.78, 5) is 38.2. The van der Waals surface area contributed by atoms with Crippen LogP contribution < -0.4 is 15.1 Å². The van der Waals surface area contributed by atoms with E-state index in [4.69, 9.17) is 0 Å². The van der Waals surface area contributed by atoms with Gasteiger partial charge in [-0.05, 0) is 55.5 Å². The number of fused-ring (bicyclic) bond motifs is 1. The molecule has 1 aliphatic carbocycles. The predicted octanol–water partition coefficient (Wildman–Crippen LogP) is 3.70. The minimum absolute atomic E-state index is 0.0158. The first-order valence-corrected chi connectivity index (χ1v) is 14.2. The van der Waals surface area contributed by atoms with E-state index in [2.05, 4.69) is 73.5 Å². The Morgan fingerprint density at radius 3 is 2.56 bits per heavy atom. The number of benzene rings is 1. The Hall–Kier alpha value is -4.47. The fraction of sp³-hybridized carbons (Fsp3) is 0.387. The van der Waals surface area contributed by atoms with E-state index in [1.165, 1.54) is 11.6 Å². The molecule has 3 aliphatic rings. The molecule has 2 atom stereocenters. The van der Waals surface area contributed by atoms with Gasteiger partial charge < -0.3 is 20.2 Å². The number of carboxylic acid groups (broad SMARTS) is 1. The third-order valence-corrected chi connectivity index (χ3v) is 9.24. The van der Waals surface area contributed by atoms with Crippen LogP contribution in [0.25, 0.3) is 5.65 Å². The highest BCUT2D eigenvalue weighted by Crippen LogP contribution is 2.53. The van der Waals surface area contributed by atoms with E-state index in [1.807, 2.05) is 19.2 Å². The predicted molar refractivity (Wildman–Crippen MR) is 155 cm³/mol. The molecule has 41 heavy (non-hydrogen) atoms. The number of nitrogens with zero attached hydrogens (tertiary/aromatic N) is 6. The Labute approximate surface area is 238 Å².